The molecule has 1 aromatic rings. The molecule has 0 fully saturated rings. The Balaban J connectivity index is 2.42. The molecule has 0 aliphatic carbocycles. The number of thiophene rings is 1. The van der Waals surface area contributed by atoms with Crippen molar-refractivity contribution in [2.24, 2.45) is 0 Å². The summed E-state index contributed by atoms with van der Waals surface area (Å²) < 4.78 is 0. The van der Waals surface area contributed by atoms with Gasteiger partial charge in [0.25, 0.3) is 0 Å². The quantitative estimate of drug-likeness (QED) is 0.814. The van der Waals surface area contributed by atoms with Crippen molar-refractivity contribution in [1.29, 1.82) is 0 Å². The summed E-state index contributed by atoms with van der Waals surface area (Å²) in [6.45, 7) is 8.92. The van der Waals surface area contributed by atoms with Crippen molar-refractivity contribution in [1.82, 2.24) is 5.32 Å². The van der Waals surface area contributed by atoms with Crippen LogP contribution in [0.3, 0.4) is 0 Å². The molecule has 1 heterocycles. The van der Waals surface area contributed by atoms with Gasteiger partial charge in [0.05, 0.1) is 0 Å². The van der Waals surface area contributed by atoms with E-state index in [1.54, 1.807) is 0 Å². The normalized spacial score (nSPS) is 15.2. The molecule has 0 amide bonds. The highest BCUT2D eigenvalue weighted by atomic mass is 32.2. The van der Waals surface area contributed by atoms with Crippen LogP contribution in [-0.2, 0) is 0 Å². The minimum atomic E-state index is 0.484. The average Bonchev–Trinajstić information content (AvgIpc) is 2.61. The van der Waals surface area contributed by atoms with Gasteiger partial charge in [-0.3, -0.25) is 0 Å². The Bertz CT molecular complexity index is 283. The average molecular weight is 243 g/mol. The van der Waals surface area contributed by atoms with E-state index in [0.29, 0.717) is 12.1 Å². The Morgan fingerprint density at radius 2 is 2.20 bits per heavy atom. The summed E-state index contributed by atoms with van der Waals surface area (Å²) in [4.78, 5) is 1.48. The molecule has 1 nitrogen and oxygen atoms in total. The molecule has 2 atom stereocenters. The third-order valence-corrected chi connectivity index (χ3v) is 4.75. The van der Waals surface area contributed by atoms with Crippen LogP contribution in [0.1, 0.15) is 37.3 Å². The van der Waals surface area contributed by atoms with E-state index < -0.39 is 0 Å². The van der Waals surface area contributed by atoms with Crippen molar-refractivity contribution < 1.29 is 0 Å². The fourth-order valence-corrected chi connectivity index (χ4v) is 3.30. The van der Waals surface area contributed by atoms with Crippen LogP contribution in [0, 0.1) is 6.92 Å². The summed E-state index contributed by atoms with van der Waals surface area (Å²) in [5, 5.41) is 5.82. The van der Waals surface area contributed by atoms with Gasteiger partial charge in [-0.25, -0.2) is 0 Å². The second kappa shape index (κ2) is 6.56. The molecule has 0 aliphatic heterocycles. The van der Waals surface area contributed by atoms with Crippen LogP contribution in [0.5, 0.6) is 0 Å². The fraction of sp³-hybridized carbons (Fsp3) is 0.667. The maximum Gasteiger partial charge on any atom is 0.0391 e. The zero-order valence-electron chi connectivity index (χ0n) is 10.0. The standard InChI is InChI=1S/C12H21NS2/c1-5-14-8-10(3)13-11(4)12-9(2)6-7-15-12/h6-7,10-11,13H,5,8H2,1-4H3. The molecule has 0 saturated heterocycles. The maximum absolute atomic E-state index is 3.65. The summed E-state index contributed by atoms with van der Waals surface area (Å²) in [5.41, 5.74) is 1.41. The van der Waals surface area contributed by atoms with Crippen LogP contribution in [-0.4, -0.2) is 17.5 Å². The lowest BCUT2D eigenvalue weighted by Crippen LogP contribution is -2.30. The summed E-state index contributed by atoms with van der Waals surface area (Å²) in [6.07, 6.45) is 0. The topological polar surface area (TPSA) is 12.0 Å². The largest absolute Gasteiger partial charge is 0.306 e. The first-order valence-corrected chi connectivity index (χ1v) is 7.56. The van der Waals surface area contributed by atoms with E-state index in [9.17, 15) is 0 Å². The molecule has 15 heavy (non-hydrogen) atoms. The Labute approximate surface area is 102 Å². The van der Waals surface area contributed by atoms with Crippen LogP contribution in [0.2, 0.25) is 0 Å². The van der Waals surface area contributed by atoms with Gasteiger partial charge in [-0.2, -0.15) is 11.8 Å². The third-order valence-electron chi connectivity index (χ3n) is 2.40. The number of nitrogens with one attached hydrogen (secondary N) is 1. The van der Waals surface area contributed by atoms with Gasteiger partial charge in [0.2, 0.25) is 0 Å². The molecule has 2 unspecified atom stereocenters. The first kappa shape index (κ1) is 13.1. The SMILES string of the molecule is CCSCC(C)NC(C)c1sccc1C. The molecule has 1 aromatic heterocycles. The van der Waals surface area contributed by atoms with Gasteiger partial charge >= 0.3 is 0 Å². The highest BCUT2D eigenvalue weighted by Crippen LogP contribution is 2.23. The van der Waals surface area contributed by atoms with Crippen LogP contribution in [0.4, 0.5) is 0 Å². The molecular weight excluding hydrogens is 222 g/mol. The van der Waals surface area contributed by atoms with Gasteiger partial charge in [0.15, 0.2) is 0 Å². The summed E-state index contributed by atoms with van der Waals surface area (Å²) in [6, 6.07) is 3.27. The molecular formula is C12H21NS2. The lowest BCUT2D eigenvalue weighted by atomic mass is 10.2. The lowest BCUT2D eigenvalue weighted by Gasteiger charge is -2.19. The van der Waals surface area contributed by atoms with Gasteiger partial charge in [-0.15, -0.1) is 11.3 Å². The van der Waals surface area contributed by atoms with E-state index in [1.807, 2.05) is 23.1 Å². The van der Waals surface area contributed by atoms with Crippen LogP contribution >= 0.6 is 23.1 Å². The Hall–Kier alpha value is 0.0100. The summed E-state index contributed by atoms with van der Waals surface area (Å²) in [7, 11) is 0. The molecule has 0 radical (unpaired) electrons. The third kappa shape index (κ3) is 4.17. The number of hydrogen-bond acceptors (Lipinski definition) is 3. The minimum absolute atomic E-state index is 0.484. The van der Waals surface area contributed by atoms with Crippen molar-refractivity contribution in [3.05, 3.63) is 21.9 Å². The van der Waals surface area contributed by atoms with Crippen LogP contribution in [0.15, 0.2) is 11.4 Å². The highest BCUT2D eigenvalue weighted by Gasteiger charge is 2.12. The summed E-state index contributed by atoms with van der Waals surface area (Å²) in [5.74, 6) is 2.41. The molecule has 0 bridgehead atoms. The molecule has 0 saturated carbocycles. The van der Waals surface area contributed by atoms with Crippen molar-refractivity contribution >= 4 is 23.1 Å². The van der Waals surface area contributed by atoms with Crippen LogP contribution in [0.25, 0.3) is 0 Å². The first-order chi connectivity index (χ1) is 7.15. The van der Waals surface area contributed by atoms with Crippen molar-refractivity contribution in [2.45, 2.75) is 39.8 Å². The van der Waals surface area contributed by atoms with Crippen molar-refractivity contribution in [2.75, 3.05) is 11.5 Å². The van der Waals surface area contributed by atoms with Gasteiger partial charge in [0.1, 0.15) is 0 Å². The molecule has 0 aromatic carbocycles. The van der Waals surface area contributed by atoms with E-state index in [0.717, 1.165) is 0 Å². The van der Waals surface area contributed by atoms with E-state index >= 15 is 0 Å². The van der Waals surface area contributed by atoms with Gasteiger partial charge in [0, 0.05) is 22.7 Å². The van der Waals surface area contributed by atoms with E-state index in [-0.39, 0.29) is 0 Å². The smallest absolute Gasteiger partial charge is 0.0391 e. The van der Waals surface area contributed by atoms with Crippen molar-refractivity contribution in [3.63, 3.8) is 0 Å². The predicted octanol–water partition coefficient (Wildman–Crippen LogP) is 3.85. The summed E-state index contributed by atoms with van der Waals surface area (Å²) >= 11 is 3.85. The van der Waals surface area contributed by atoms with Gasteiger partial charge in [-0.1, -0.05) is 6.92 Å². The predicted molar refractivity (Wildman–Crippen MR) is 73.1 cm³/mol. The Kier molecular flexibility index (Phi) is 5.72. The zero-order chi connectivity index (χ0) is 11.3. The highest BCUT2D eigenvalue weighted by molar-refractivity contribution is 7.99. The molecule has 3 heteroatoms. The minimum Gasteiger partial charge on any atom is -0.306 e. The first-order valence-electron chi connectivity index (χ1n) is 5.53. The zero-order valence-corrected chi connectivity index (χ0v) is 11.7. The van der Waals surface area contributed by atoms with E-state index in [4.69, 9.17) is 0 Å². The molecule has 0 aliphatic rings. The monoisotopic (exact) mass is 243 g/mol. The lowest BCUT2D eigenvalue weighted by molar-refractivity contribution is 0.516. The Morgan fingerprint density at radius 3 is 2.73 bits per heavy atom. The molecule has 0 spiro atoms. The number of aryl methyl sites for hydroxylation is 1. The second-order valence-corrected chi connectivity index (χ2v) is 6.18. The van der Waals surface area contributed by atoms with E-state index in [2.05, 4.69) is 44.5 Å². The molecule has 1 rings (SSSR count). The van der Waals surface area contributed by atoms with Gasteiger partial charge in [-0.05, 0) is 43.5 Å². The van der Waals surface area contributed by atoms with E-state index in [1.165, 1.54) is 21.9 Å². The fourth-order valence-electron chi connectivity index (χ4n) is 1.67. The molecule has 86 valence electrons. The number of hydrogen-bond donors (Lipinski definition) is 1. The molecule has 1 N–H and O–H groups in total. The van der Waals surface area contributed by atoms with Crippen LogP contribution < -0.4 is 5.32 Å². The number of rotatable bonds is 6. The second-order valence-electron chi connectivity index (χ2n) is 3.92. The number of thioether (sulfide) groups is 1. The Morgan fingerprint density at radius 1 is 1.47 bits per heavy atom. The maximum atomic E-state index is 3.65. The van der Waals surface area contributed by atoms with Crippen molar-refractivity contribution in [3.8, 4) is 0 Å². The van der Waals surface area contributed by atoms with Gasteiger partial charge < -0.3 is 5.32 Å².